The summed E-state index contributed by atoms with van der Waals surface area (Å²) in [6.07, 6.45) is 0. The lowest BCUT2D eigenvalue weighted by Gasteiger charge is -2.17. The van der Waals surface area contributed by atoms with Gasteiger partial charge in [0.05, 0.1) is 13.2 Å². The van der Waals surface area contributed by atoms with Crippen LogP contribution in [0.4, 0.5) is 0 Å². The number of ether oxygens (including phenoxy) is 1. The molecule has 0 radical (unpaired) electrons. The first-order chi connectivity index (χ1) is 9.65. The number of carbonyl (C=O) groups excluding carboxylic acids is 1. The van der Waals surface area contributed by atoms with Crippen molar-refractivity contribution in [3.63, 3.8) is 0 Å². The molecule has 1 aromatic carbocycles. The van der Waals surface area contributed by atoms with Crippen molar-refractivity contribution in [2.45, 2.75) is 6.92 Å². The van der Waals surface area contributed by atoms with Crippen LogP contribution in [0, 0.1) is 0 Å². The van der Waals surface area contributed by atoms with Crippen molar-refractivity contribution in [2.75, 3.05) is 26.7 Å². The van der Waals surface area contributed by atoms with Crippen LogP contribution in [0.1, 0.15) is 12.5 Å². The second-order valence-corrected chi connectivity index (χ2v) is 4.44. The van der Waals surface area contributed by atoms with E-state index in [9.17, 15) is 9.90 Å². The average molecular weight is 274 g/mol. The maximum Gasteiger partial charge on any atom is 0.345 e. The predicted molar refractivity (Wildman–Crippen MR) is 77.6 cm³/mol. The fourth-order valence-electron chi connectivity index (χ4n) is 2.04. The van der Waals surface area contributed by atoms with Crippen LogP contribution in [0.3, 0.4) is 0 Å². The molecule has 1 aliphatic rings. The van der Waals surface area contributed by atoms with Gasteiger partial charge in [0.1, 0.15) is 17.2 Å². The lowest BCUT2D eigenvalue weighted by Crippen LogP contribution is -2.29. The minimum Gasteiger partial charge on any atom is -0.506 e. The van der Waals surface area contributed by atoms with E-state index in [1.165, 1.54) is 0 Å². The zero-order valence-corrected chi connectivity index (χ0v) is 11.7. The molecule has 5 heteroatoms. The van der Waals surface area contributed by atoms with Crippen LogP contribution in [-0.2, 0) is 9.53 Å². The SMILES string of the molecule is CCOC(=O)C(C1=NCCN1C)=C(O)c1ccccc1. The Hall–Kier alpha value is -2.30. The second-order valence-electron chi connectivity index (χ2n) is 4.44. The first-order valence-corrected chi connectivity index (χ1v) is 6.57. The van der Waals surface area contributed by atoms with Gasteiger partial charge in [-0.2, -0.15) is 0 Å². The number of likely N-dealkylation sites (N-methyl/N-ethyl adjacent to an activating group) is 1. The summed E-state index contributed by atoms with van der Waals surface area (Å²) in [4.78, 5) is 18.3. The number of aliphatic imine (C=N–C) groups is 1. The number of amidine groups is 1. The Morgan fingerprint density at radius 3 is 2.65 bits per heavy atom. The Balaban J connectivity index is 2.48. The second kappa shape index (κ2) is 6.23. The Kier molecular flexibility index (Phi) is 4.40. The van der Waals surface area contributed by atoms with Crippen molar-refractivity contribution in [3.05, 3.63) is 41.5 Å². The van der Waals surface area contributed by atoms with Crippen molar-refractivity contribution < 1.29 is 14.6 Å². The highest BCUT2D eigenvalue weighted by Crippen LogP contribution is 2.21. The summed E-state index contributed by atoms with van der Waals surface area (Å²) in [6.45, 7) is 3.31. The Morgan fingerprint density at radius 2 is 2.10 bits per heavy atom. The Labute approximate surface area is 118 Å². The molecule has 20 heavy (non-hydrogen) atoms. The minimum atomic E-state index is -0.554. The van der Waals surface area contributed by atoms with Gasteiger partial charge in [-0.25, -0.2) is 4.79 Å². The molecule has 0 saturated carbocycles. The fourth-order valence-corrected chi connectivity index (χ4v) is 2.04. The number of hydrogen-bond donors (Lipinski definition) is 1. The molecule has 0 unspecified atom stereocenters. The zero-order chi connectivity index (χ0) is 14.5. The van der Waals surface area contributed by atoms with Crippen LogP contribution in [0.25, 0.3) is 5.76 Å². The molecule has 1 aliphatic heterocycles. The van der Waals surface area contributed by atoms with Crippen LogP contribution in [0.2, 0.25) is 0 Å². The molecule has 0 saturated heterocycles. The monoisotopic (exact) mass is 274 g/mol. The first kappa shape index (κ1) is 14.1. The predicted octanol–water partition coefficient (Wildman–Crippen LogP) is 1.86. The van der Waals surface area contributed by atoms with Gasteiger partial charge in [0.2, 0.25) is 0 Å². The third-order valence-corrected chi connectivity index (χ3v) is 3.05. The summed E-state index contributed by atoms with van der Waals surface area (Å²) in [5.41, 5.74) is 0.691. The standard InChI is InChI=1S/C15H18N2O3/c1-3-20-15(19)12(14-16-9-10-17(14)2)13(18)11-7-5-4-6-8-11/h4-8,18H,3,9-10H2,1-2H3. The molecule has 5 nitrogen and oxygen atoms in total. The molecule has 0 aromatic heterocycles. The molecule has 0 spiro atoms. The van der Waals surface area contributed by atoms with Crippen molar-refractivity contribution >= 4 is 17.6 Å². The van der Waals surface area contributed by atoms with Gasteiger partial charge < -0.3 is 14.7 Å². The van der Waals surface area contributed by atoms with Crippen LogP contribution in [0.5, 0.6) is 0 Å². The summed E-state index contributed by atoms with van der Waals surface area (Å²) < 4.78 is 5.04. The van der Waals surface area contributed by atoms with Crippen molar-refractivity contribution in [1.82, 2.24) is 4.90 Å². The molecular formula is C15H18N2O3. The maximum absolute atomic E-state index is 12.1. The van der Waals surface area contributed by atoms with Gasteiger partial charge in [-0.1, -0.05) is 30.3 Å². The average Bonchev–Trinajstić information content (AvgIpc) is 2.86. The van der Waals surface area contributed by atoms with Crippen molar-refractivity contribution in [3.8, 4) is 0 Å². The van der Waals surface area contributed by atoms with Gasteiger partial charge in [0.15, 0.2) is 0 Å². The van der Waals surface area contributed by atoms with Gasteiger partial charge >= 0.3 is 5.97 Å². The van der Waals surface area contributed by atoms with Crippen LogP contribution >= 0.6 is 0 Å². The number of carbonyl (C=O) groups is 1. The summed E-state index contributed by atoms with van der Waals surface area (Å²) in [7, 11) is 1.84. The van der Waals surface area contributed by atoms with Gasteiger partial charge in [0.25, 0.3) is 0 Å². The lowest BCUT2D eigenvalue weighted by molar-refractivity contribution is -0.137. The molecule has 2 rings (SSSR count). The first-order valence-electron chi connectivity index (χ1n) is 6.57. The summed E-state index contributed by atoms with van der Waals surface area (Å²) in [5, 5.41) is 10.4. The van der Waals surface area contributed by atoms with E-state index >= 15 is 0 Å². The van der Waals surface area contributed by atoms with Gasteiger partial charge in [-0.3, -0.25) is 4.99 Å². The maximum atomic E-state index is 12.1. The summed E-state index contributed by atoms with van der Waals surface area (Å²) in [5.74, 6) is -0.178. The molecule has 0 aliphatic carbocycles. The molecule has 0 bridgehead atoms. The van der Waals surface area contributed by atoms with E-state index < -0.39 is 5.97 Å². The van der Waals surface area contributed by atoms with Crippen molar-refractivity contribution in [2.24, 2.45) is 4.99 Å². The largest absolute Gasteiger partial charge is 0.506 e. The van der Waals surface area contributed by atoms with Crippen LogP contribution in [-0.4, -0.2) is 48.6 Å². The number of aliphatic hydroxyl groups is 1. The van der Waals surface area contributed by atoms with Gasteiger partial charge in [-0.15, -0.1) is 0 Å². The van der Waals surface area contributed by atoms with Crippen molar-refractivity contribution in [1.29, 1.82) is 0 Å². The van der Waals surface area contributed by atoms with E-state index in [1.807, 2.05) is 18.0 Å². The van der Waals surface area contributed by atoms with E-state index in [2.05, 4.69) is 4.99 Å². The van der Waals surface area contributed by atoms with E-state index in [0.717, 1.165) is 6.54 Å². The number of hydrogen-bond acceptors (Lipinski definition) is 5. The third kappa shape index (κ3) is 2.82. The number of esters is 1. The van der Waals surface area contributed by atoms with E-state index in [1.54, 1.807) is 31.2 Å². The zero-order valence-electron chi connectivity index (χ0n) is 11.7. The highest BCUT2D eigenvalue weighted by atomic mass is 16.5. The van der Waals surface area contributed by atoms with Gasteiger partial charge in [0, 0.05) is 19.2 Å². The lowest BCUT2D eigenvalue weighted by atomic mass is 10.1. The third-order valence-electron chi connectivity index (χ3n) is 3.05. The number of rotatable bonds is 4. The highest BCUT2D eigenvalue weighted by molar-refractivity contribution is 6.23. The molecule has 0 amide bonds. The molecule has 0 fully saturated rings. The molecule has 106 valence electrons. The molecular weight excluding hydrogens is 256 g/mol. The van der Waals surface area contributed by atoms with E-state index in [4.69, 9.17) is 4.74 Å². The van der Waals surface area contributed by atoms with E-state index in [-0.39, 0.29) is 17.9 Å². The Bertz CT molecular complexity index is 549. The highest BCUT2D eigenvalue weighted by Gasteiger charge is 2.28. The smallest absolute Gasteiger partial charge is 0.345 e. The Morgan fingerprint density at radius 1 is 1.40 bits per heavy atom. The van der Waals surface area contributed by atoms with E-state index in [0.29, 0.717) is 17.9 Å². The fraction of sp³-hybridized carbons (Fsp3) is 0.333. The molecule has 1 N–H and O–H groups in total. The topological polar surface area (TPSA) is 62.1 Å². The minimum absolute atomic E-state index is 0.100. The number of nitrogens with zero attached hydrogens (tertiary/aromatic N) is 2. The number of aliphatic hydroxyl groups excluding tert-OH is 1. The molecule has 1 heterocycles. The number of benzene rings is 1. The normalized spacial score (nSPS) is 15.7. The molecule has 0 atom stereocenters. The van der Waals surface area contributed by atoms with Crippen LogP contribution < -0.4 is 0 Å². The van der Waals surface area contributed by atoms with Gasteiger partial charge in [-0.05, 0) is 6.92 Å². The summed E-state index contributed by atoms with van der Waals surface area (Å²) in [6, 6.07) is 8.93. The molecule has 1 aromatic rings. The van der Waals surface area contributed by atoms with Crippen LogP contribution in [0.15, 0.2) is 40.9 Å². The quantitative estimate of drug-likeness (QED) is 0.517. The summed E-state index contributed by atoms with van der Waals surface area (Å²) >= 11 is 0.